The molecule has 0 aliphatic carbocycles. The van der Waals surface area contributed by atoms with Crippen molar-refractivity contribution in [3.05, 3.63) is 6.42 Å². The van der Waals surface area contributed by atoms with Gasteiger partial charge in [0, 0.05) is 0 Å². The summed E-state index contributed by atoms with van der Waals surface area (Å²) in [6, 6.07) is 0. The van der Waals surface area contributed by atoms with Gasteiger partial charge in [-0.15, -0.1) is 0 Å². The Kier molecular flexibility index (Phi) is 19.8. The monoisotopic (exact) mass is 336 g/mol. The maximum absolute atomic E-state index is 11.6. The number of ether oxygens (including phenoxy) is 2. The van der Waals surface area contributed by atoms with Crippen molar-refractivity contribution in [1.29, 1.82) is 0 Å². The molecule has 0 spiro atoms. The third-order valence-corrected chi connectivity index (χ3v) is 3.70. The number of carbonyl (C=O) groups is 2. The van der Waals surface area contributed by atoms with Crippen LogP contribution < -0.4 is 29.6 Å². The van der Waals surface area contributed by atoms with Crippen LogP contribution in [0.5, 0.6) is 0 Å². The van der Waals surface area contributed by atoms with Gasteiger partial charge in [0.15, 0.2) is 5.97 Å². The maximum atomic E-state index is 11.6. The van der Waals surface area contributed by atoms with Gasteiger partial charge in [-0.25, -0.2) is 0 Å². The van der Waals surface area contributed by atoms with Crippen LogP contribution in [0.3, 0.4) is 0 Å². The summed E-state index contributed by atoms with van der Waals surface area (Å²) in [5.74, 6) is -0.354. The SMILES string of the molecule is CCCCCCOC(=O)C[CH-]C(=O)OCC(CC)CCCC.[Na+]. The van der Waals surface area contributed by atoms with E-state index in [1.54, 1.807) is 0 Å². The molecule has 0 saturated heterocycles. The summed E-state index contributed by atoms with van der Waals surface area (Å²) >= 11 is 0. The summed E-state index contributed by atoms with van der Waals surface area (Å²) in [6.45, 7) is 7.28. The van der Waals surface area contributed by atoms with E-state index in [2.05, 4.69) is 20.8 Å². The van der Waals surface area contributed by atoms with Crippen molar-refractivity contribution >= 4 is 11.9 Å². The molecule has 0 amide bonds. The fraction of sp³-hybridized carbons (Fsp3) is 0.833. The van der Waals surface area contributed by atoms with Crippen LogP contribution in [0.25, 0.3) is 0 Å². The molecule has 0 heterocycles. The number of carbonyl (C=O) groups excluding carboxylic acids is 2. The van der Waals surface area contributed by atoms with Crippen molar-refractivity contribution < 1.29 is 48.6 Å². The molecule has 0 aromatic carbocycles. The van der Waals surface area contributed by atoms with Crippen LogP contribution in [0.1, 0.15) is 78.6 Å². The van der Waals surface area contributed by atoms with Gasteiger partial charge in [0.1, 0.15) is 0 Å². The fourth-order valence-corrected chi connectivity index (χ4v) is 2.10. The zero-order valence-corrected chi connectivity index (χ0v) is 17.6. The Labute approximate surface area is 164 Å². The molecule has 0 aromatic rings. The smallest absolute Gasteiger partial charge is 0.488 e. The molecular formula is C18H33NaO4. The number of hydrogen-bond acceptors (Lipinski definition) is 4. The van der Waals surface area contributed by atoms with E-state index >= 15 is 0 Å². The quantitative estimate of drug-likeness (QED) is 0.209. The Balaban J connectivity index is 0. The molecule has 0 rings (SSSR count). The summed E-state index contributed by atoms with van der Waals surface area (Å²) < 4.78 is 10.3. The first kappa shape index (κ1) is 25.1. The predicted molar refractivity (Wildman–Crippen MR) is 88.3 cm³/mol. The number of rotatable bonds is 14. The van der Waals surface area contributed by atoms with Gasteiger partial charge in [-0.1, -0.05) is 65.7 Å². The molecule has 23 heavy (non-hydrogen) atoms. The van der Waals surface area contributed by atoms with Gasteiger partial charge in [-0.2, -0.15) is 0 Å². The minimum Gasteiger partial charge on any atom is -0.488 e. The third-order valence-electron chi connectivity index (χ3n) is 3.70. The minimum atomic E-state index is -0.419. The van der Waals surface area contributed by atoms with E-state index < -0.39 is 5.97 Å². The Morgan fingerprint density at radius 2 is 1.65 bits per heavy atom. The first-order valence-electron chi connectivity index (χ1n) is 8.79. The molecule has 0 aromatic heterocycles. The number of esters is 2. The Morgan fingerprint density at radius 1 is 0.957 bits per heavy atom. The Hall–Kier alpha value is -0.190. The number of hydrogen-bond donors (Lipinski definition) is 0. The molecule has 0 saturated carbocycles. The topological polar surface area (TPSA) is 52.6 Å². The van der Waals surface area contributed by atoms with Gasteiger partial charge < -0.3 is 9.47 Å². The molecule has 0 bridgehead atoms. The second kappa shape index (κ2) is 18.2. The van der Waals surface area contributed by atoms with Crippen LogP contribution in [-0.4, -0.2) is 25.2 Å². The zero-order chi connectivity index (χ0) is 16.6. The molecule has 0 aliphatic heterocycles. The van der Waals surface area contributed by atoms with Crippen LogP contribution in [0, 0.1) is 12.3 Å². The van der Waals surface area contributed by atoms with E-state index in [0.717, 1.165) is 51.4 Å². The fourth-order valence-electron chi connectivity index (χ4n) is 2.10. The van der Waals surface area contributed by atoms with Crippen LogP contribution in [0.2, 0.25) is 0 Å². The van der Waals surface area contributed by atoms with E-state index in [4.69, 9.17) is 9.47 Å². The minimum absolute atomic E-state index is 0. The zero-order valence-electron chi connectivity index (χ0n) is 15.6. The van der Waals surface area contributed by atoms with E-state index in [-0.39, 0.29) is 41.9 Å². The maximum Gasteiger partial charge on any atom is 1.00 e. The second-order valence-corrected chi connectivity index (χ2v) is 5.74. The largest absolute Gasteiger partial charge is 1.00 e. The van der Waals surface area contributed by atoms with Crippen molar-refractivity contribution in [1.82, 2.24) is 0 Å². The van der Waals surface area contributed by atoms with E-state index in [1.807, 2.05) is 0 Å². The van der Waals surface area contributed by atoms with E-state index in [1.165, 1.54) is 6.42 Å². The van der Waals surface area contributed by atoms with Crippen LogP contribution >= 0.6 is 0 Å². The van der Waals surface area contributed by atoms with E-state index in [0.29, 0.717) is 19.1 Å². The average molecular weight is 336 g/mol. The van der Waals surface area contributed by atoms with Crippen LogP contribution in [0.15, 0.2) is 0 Å². The van der Waals surface area contributed by atoms with Gasteiger partial charge >= 0.3 is 29.6 Å². The van der Waals surface area contributed by atoms with Crippen molar-refractivity contribution in [2.45, 2.75) is 78.6 Å². The third kappa shape index (κ3) is 16.5. The standard InChI is InChI=1S/C18H33O4.Na/c1-4-7-9-10-14-21-17(19)12-13-18(20)22-15-16(6-3)11-8-5-2;/h13,16H,4-12,14-15H2,1-3H3;/q-1;+1. The van der Waals surface area contributed by atoms with Gasteiger partial charge in [-0.3, -0.25) is 16.0 Å². The summed E-state index contributed by atoms with van der Waals surface area (Å²) in [5, 5.41) is 0. The molecule has 5 heteroatoms. The molecule has 0 radical (unpaired) electrons. The summed E-state index contributed by atoms with van der Waals surface area (Å²) in [6.07, 6.45) is 9.96. The molecule has 130 valence electrons. The molecule has 0 N–H and O–H groups in total. The molecule has 4 nitrogen and oxygen atoms in total. The van der Waals surface area contributed by atoms with Crippen LogP contribution in [-0.2, 0) is 19.1 Å². The second-order valence-electron chi connectivity index (χ2n) is 5.74. The Morgan fingerprint density at radius 3 is 2.26 bits per heavy atom. The first-order chi connectivity index (χ1) is 10.6. The van der Waals surface area contributed by atoms with Crippen molar-refractivity contribution in [2.24, 2.45) is 5.92 Å². The summed E-state index contributed by atoms with van der Waals surface area (Å²) in [7, 11) is 0. The van der Waals surface area contributed by atoms with Gasteiger partial charge in [-0.05, 0) is 18.8 Å². The molecular weight excluding hydrogens is 303 g/mol. The molecule has 1 atom stereocenters. The van der Waals surface area contributed by atoms with Gasteiger partial charge in [0.25, 0.3) is 5.97 Å². The average Bonchev–Trinajstić information content (AvgIpc) is 2.53. The Bertz CT molecular complexity index is 295. The van der Waals surface area contributed by atoms with Crippen molar-refractivity contribution in [3.63, 3.8) is 0 Å². The summed E-state index contributed by atoms with van der Waals surface area (Å²) in [5.41, 5.74) is 0. The summed E-state index contributed by atoms with van der Waals surface area (Å²) in [4.78, 5) is 23.0. The number of unbranched alkanes of at least 4 members (excludes halogenated alkanes) is 4. The molecule has 0 aliphatic rings. The first-order valence-corrected chi connectivity index (χ1v) is 8.79. The normalized spacial score (nSPS) is 11.3. The van der Waals surface area contributed by atoms with Crippen molar-refractivity contribution in [3.8, 4) is 0 Å². The van der Waals surface area contributed by atoms with Gasteiger partial charge in [0.05, 0.1) is 13.2 Å². The molecule has 0 fully saturated rings. The van der Waals surface area contributed by atoms with Gasteiger partial charge in [0.2, 0.25) is 0 Å². The van der Waals surface area contributed by atoms with E-state index in [9.17, 15) is 9.59 Å². The molecule has 1 unspecified atom stereocenters. The van der Waals surface area contributed by atoms with Crippen molar-refractivity contribution in [2.75, 3.05) is 13.2 Å². The predicted octanol–water partition coefficient (Wildman–Crippen LogP) is 1.47. The van der Waals surface area contributed by atoms with Crippen LogP contribution in [0.4, 0.5) is 0 Å².